The van der Waals surface area contributed by atoms with Crippen LogP contribution < -0.4 is 5.32 Å². The van der Waals surface area contributed by atoms with Gasteiger partial charge in [-0.3, -0.25) is 4.90 Å². The van der Waals surface area contributed by atoms with Crippen molar-refractivity contribution in [2.75, 3.05) is 26.2 Å². The Morgan fingerprint density at radius 2 is 1.90 bits per heavy atom. The van der Waals surface area contributed by atoms with Crippen LogP contribution in [0.15, 0.2) is 30.3 Å². The first-order valence-electron chi connectivity index (χ1n) is 7.25. The van der Waals surface area contributed by atoms with Gasteiger partial charge in [-0.2, -0.15) is 0 Å². The Bertz CT molecular complexity index is 415. The molecule has 1 aromatic rings. The van der Waals surface area contributed by atoms with Gasteiger partial charge in [-0.1, -0.05) is 30.3 Å². The lowest BCUT2D eigenvalue weighted by molar-refractivity contribution is 0.0520. The third-order valence-corrected chi connectivity index (χ3v) is 2.76. The summed E-state index contributed by atoms with van der Waals surface area (Å²) in [6.07, 6.45) is -0.411. The molecule has 1 aromatic carbocycles. The first-order valence-corrected chi connectivity index (χ1v) is 7.25. The largest absolute Gasteiger partial charge is 0.444 e. The van der Waals surface area contributed by atoms with E-state index in [-0.39, 0.29) is 6.61 Å². The zero-order valence-corrected chi connectivity index (χ0v) is 13.1. The average Bonchev–Trinajstić information content (AvgIpc) is 2.38. The van der Waals surface area contributed by atoms with Gasteiger partial charge in [0.15, 0.2) is 0 Å². The summed E-state index contributed by atoms with van der Waals surface area (Å²) in [5.41, 5.74) is 0.696. The Hall–Kier alpha value is -1.59. The lowest BCUT2D eigenvalue weighted by atomic mass is 10.2. The van der Waals surface area contributed by atoms with E-state index in [0.29, 0.717) is 19.6 Å². The van der Waals surface area contributed by atoms with E-state index in [1.807, 2.05) is 51.1 Å². The molecule has 1 amide bonds. The van der Waals surface area contributed by atoms with E-state index in [1.165, 1.54) is 5.56 Å². The zero-order valence-electron chi connectivity index (χ0n) is 13.1. The number of alkyl carbamates (subject to hydrolysis) is 1. The topological polar surface area (TPSA) is 61.8 Å². The molecule has 0 aliphatic carbocycles. The van der Waals surface area contributed by atoms with E-state index in [0.717, 1.165) is 6.54 Å². The number of carbonyl (C=O) groups excluding carboxylic acids is 1. The predicted molar refractivity (Wildman–Crippen MR) is 83.0 cm³/mol. The summed E-state index contributed by atoms with van der Waals surface area (Å²) < 4.78 is 5.18. The summed E-state index contributed by atoms with van der Waals surface area (Å²) >= 11 is 0. The number of amides is 1. The van der Waals surface area contributed by atoms with Crippen molar-refractivity contribution < 1.29 is 14.6 Å². The highest BCUT2D eigenvalue weighted by atomic mass is 16.6. The molecule has 0 bridgehead atoms. The summed E-state index contributed by atoms with van der Waals surface area (Å²) in [5, 5.41) is 11.9. The molecule has 0 saturated heterocycles. The Morgan fingerprint density at radius 1 is 1.24 bits per heavy atom. The van der Waals surface area contributed by atoms with E-state index in [1.54, 1.807) is 0 Å². The standard InChI is InChI=1S/C16H26N2O3/c1-16(2,3)21-15(20)17-9-10-18(11-12-19)13-14-7-5-4-6-8-14/h4-8,19H,9-13H2,1-3H3,(H,17,20). The highest BCUT2D eigenvalue weighted by Crippen LogP contribution is 2.06. The number of benzene rings is 1. The van der Waals surface area contributed by atoms with Crippen LogP contribution in [0, 0.1) is 0 Å². The van der Waals surface area contributed by atoms with Gasteiger partial charge in [0, 0.05) is 26.2 Å². The molecule has 1 rings (SSSR count). The fraction of sp³-hybridized carbons (Fsp3) is 0.562. The molecule has 2 N–H and O–H groups in total. The predicted octanol–water partition coefficient (Wildman–Crippen LogP) is 2.01. The minimum absolute atomic E-state index is 0.0965. The van der Waals surface area contributed by atoms with Crippen molar-refractivity contribution in [3.63, 3.8) is 0 Å². The number of nitrogens with one attached hydrogen (secondary N) is 1. The summed E-state index contributed by atoms with van der Waals surface area (Å²) in [5.74, 6) is 0. The molecule has 0 atom stereocenters. The van der Waals surface area contributed by atoms with Crippen LogP contribution in [0.5, 0.6) is 0 Å². The van der Waals surface area contributed by atoms with Crippen molar-refractivity contribution in [3.8, 4) is 0 Å². The smallest absolute Gasteiger partial charge is 0.407 e. The number of aliphatic hydroxyl groups excluding tert-OH is 1. The Kier molecular flexibility index (Phi) is 7.19. The van der Waals surface area contributed by atoms with Crippen LogP contribution in [0.25, 0.3) is 0 Å². The fourth-order valence-corrected chi connectivity index (χ4v) is 1.88. The number of hydrogen-bond donors (Lipinski definition) is 2. The van der Waals surface area contributed by atoms with Gasteiger partial charge in [-0.05, 0) is 26.3 Å². The normalized spacial score (nSPS) is 11.5. The van der Waals surface area contributed by atoms with Crippen LogP contribution in [-0.2, 0) is 11.3 Å². The van der Waals surface area contributed by atoms with E-state index in [4.69, 9.17) is 9.84 Å². The second kappa shape index (κ2) is 8.64. The van der Waals surface area contributed by atoms with E-state index in [2.05, 4.69) is 10.2 Å². The number of hydrogen-bond acceptors (Lipinski definition) is 4. The quantitative estimate of drug-likeness (QED) is 0.807. The molecule has 0 unspecified atom stereocenters. The van der Waals surface area contributed by atoms with E-state index in [9.17, 15) is 4.79 Å². The lowest BCUT2D eigenvalue weighted by Crippen LogP contribution is -2.38. The van der Waals surface area contributed by atoms with E-state index < -0.39 is 11.7 Å². The van der Waals surface area contributed by atoms with Gasteiger partial charge in [0.25, 0.3) is 0 Å². The molecule has 0 aliphatic rings. The molecule has 5 heteroatoms. The van der Waals surface area contributed by atoms with Crippen LogP contribution in [0.1, 0.15) is 26.3 Å². The maximum absolute atomic E-state index is 11.6. The number of rotatable bonds is 7. The SMILES string of the molecule is CC(C)(C)OC(=O)NCCN(CCO)Cc1ccccc1. The molecule has 21 heavy (non-hydrogen) atoms. The number of carbonyl (C=O) groups is 1. The van der Waals surface area contributed by atoms with Crippen molar-refractivity contribution in [2.45, 2.75) is 32.9 Å². The van der Waals surface area contributed by atoms with Crippen LogP contribution in [0.3, 0.4) is 0 Å². The molecule has 0 aromatic heterocycles. The second-order valence-electron chi connectivity index (χ2n) is 5.91. The third-order valence-electron chi connectivity index (χ3n) is 2.76. The highest BCUT2D eigenvalue weighted by molar-refractivity contribution is 5.67. The summed E-state index contributed by atoms with van der Waals surface area (Å²) in [6.45, 7) is 8.07. The Balaban J connectivity index is 2.36. The van der Waals surface area contributed by atoms with Gasteiger partial charge in [-0.15, -0.1) is 0 Å². The van der Waals surface area contributed by atoms with Gasteiger partial charge in [-0.25, -0.2) is 4.79 Å². The van der Waals surface area contributed by atoms with Crippen molar-refractivity contribution in [3.05, 3.63) is 35.9 Å². The van der Waals surface area contributed by atoms with Crippen LogP contribution >= 0.6 is 0 Å². The van der Waals surface area contributed by atoms with Crippen LogP contribution in [-0.4, -0.2) is 47.9 Å². The van der Waals surface area contributed by atoms with Crippen molar-refractivity contribution in [1.29, 1.82) is 0 Å². The van der Waals surface area contributed by atoms with Crippen LogP contribution in [0.2, 0.25) is 0 Å². The minimum Gasteiger partial charge on any atom is -0.444 e. The van der Waals surface area contributed by atoms with Gasteiger partial charge < -0.3 is 15.2 Å². The molecule has 118 valence electrons. The lowest BCUT2D eigenvalue weighted by Gasteiger charge is -2.23. The maximum Gasteiger partial charge on any atom is 0.407 e. The molecular weight excluding hydrogens is 268 g/mol. The summed E-state index contributed by atoms with van der Waals surface area (Å²) in [4.78, 5) is 13.6. The molecule has 0 radical (unpaired) electrons. The zero-order chi connectivity index (χ0) is 15.7. The molecule has 0 spiro atoms. The second-order valence-corrected chi connectivity index (χ2v) is 5.91. The number of nitrogens with zero attached hydrogens (tertiary/aromatic N) is 1. The Morgan fingerprint density at radius 3 is 2.48 bits per heavy atom. The highest BCUT2D eigenvalue weighted by Gasteiger charge is 2.15. The van der Waals surface area contributed by atoms with Crippen molar-refractivity contribution >= 4 is 6.09 Å². The molecular formula is C16H26N2O3. The summed E-state index contributed by atoms with van der Waals surface area (Å²) in [6, 6.07) is 10.1. The molecule has 0 fully saturated rings. The van der Waals surface area contributed by atoms with Crippen molar-refractivity contribution in [1.82, 2.24) is 10.2 Å². The monoisotopic (exact) mass is 294 g/mol. The van der Waals surface area contributed by atoms with E-state index >= 15 is 0 Å². The third kappa shape index (κ3) is 8.32. The fourth-order valence-electron chi connectivity index (χ4n) is 1.88. The number of ether oxygens (including phenoxy) is 1. The van der Waals surface area contributed by atoms with Crippen LogP contribution in [0.4, 0.5) is 4.79 Å². The van der Waals surface area contributed by atoms with Gasteiger partial charge >= 0.3 is 6.09 Å². The first-order chi connectivity index (χ1) is 9.90. The molecule has 5 nitrogen and oxygen atoms in total. The van der Waals surface area contributed by atoms with Gasteiger partial charge in [0.05, 0.1) is 6.61 Å². The maximum atomic E-state index is 11.6. The molecule has 0 aliphatic heterocycles. The average molecular weight is 294 g/mol. The number of aliphatic hydroxyl groups is 1. The first kappa shape index (κ1) is 17.5. The Labute approximate surface area is 126 Å². The minimum atomic E-state index is -0.487. The molecule has 0 saturated carbocycles. The summed E-state index contributed by atoms with van der Waals surface area (Å²) in [7, 11) is 0. The van der Waals surface area contributed by atoms with Crippen molar-refractivity contribution in [2.24, 2.45) is 0 Å². The molecule has 0 heterocycles. The van der Waals surface area contributed by atoms with Gasteiger partial charge in [0.1, 0.15) is 5.60 Å². The van der Waals surface area contributed by atoms with Gasteiger partial charge in [0.2, 0.25) is 0 Å².